The average molecular weight is 483 g/mol. The number of rotatable bonds is 4. The topological polar surface area (TPSA) is 46.0 Å². The second kappa shape index (κ2) is 8.63. The first-order valence-corrected chi connectivity index (χ1v) is 13.8. The van der Waals surface area contributed by atoms with Crippen molar-refractivity contribution in [2.75, 3.05) is 0 Å². The largest absolute Gasteiger partial charge is 0.346 e. The molecule has 1 aromatic carbocycles. The van der Waals surface area contributed by atoms with Crippen LogP contribution in [0.25, 0.3) is 37.6 Å². The summed E-state index contributed by atoms with van der Waals surface area (Å²) in [6, 6.07) is 9.38. The van der Waals surface area contributed by atoms with Crippen molar-refractivity contribution < 1.29 is 0 Å². The Morgan fingerprint density at radius 2 is 1.83 bits per heavy atom. The molecule has 1 aliphatic rings. The summed E-state index contributed by atoms with van der Waals surface area (Å²) >= 11 is 1.90. The summed E-state index contributed by atoms with van der Waals surface area (Å²) < 4.78 is 1.91. The maximum atomic E-state index is 4.45. The predicted molar refractivity (Wildman–Crippen MR) is 148 cm³/mol. The van der Waals surface area contributed by atoms with Crippen LogP contribution in [0.3, 0.4) is 0 Å². The zero-order valence-electron chi connectivity index (χ0n) is 21.4. The van der Waals surface area contributed by atoms with Gasteiger partial charge in [0, 0.05) is 22.0 Å². The molecule has 180 valence electrons. The van der Waals surface area contributed by atoms with Crippen LogP contribution in [-0.4, -0.2) is 19.6 Å². The average Bonchev–Trinajstić information content (AvgIpc) is 3.57. The zero-order valence-corrected chi connectivity index (χ0v) is 22.2. The van der Waals surface area contributed by atoms with Crippen LogP contribution in [0.5, 0.6) is 0 Å². The van der Waals surface area contributed by atoms with Gasteiger partial charge in [-0.2, -0.15) is 5.10 Å². The number of hydrogen-bond donors (Lipinski definition) is 1. The molecule has 1 aliphatic carbocycles. The molecule has 35 heavy (non-hydrogen) atoms. The lowest BCUT2D eigenvalue weighted by Gasteiger charge is -2.22. The molecule has 5 heteroatoms. The van der Waals surface area contributed by atoms with Gasteiger partial charge in [-0.05, 0) is 78.8 Å². The maximum Gasteiger partial charge on any atom is 0.158 e. The Balaban J connectivity index is 1.50. The van der Waals surface area contributed by atoms with Crippen molar-refractivity contribution >= 4 is 27.2 Å². The van der Waals surface area contributed by atoms with Crippen LogP contribution in [0.2, 0.25) is 0 Å². The predicted octanol–water partition coefficient (Wildman–Crippen LogP) is 8.70. The highest BCUT2D eigenvalue weighted by Gasteiger charge is 2.24. The molecule has 1 saturated carbocycles. The van der Waals surface area contributed by atoms with E-state index in [1.54, 1.807) is 6.33 Å². The van der Waals surface area contributed by atoms with Gasteiger partial charge in [0.2, 0.25) is 0 Å². The molecule has 0 saturated heterocycles. The normalized spacial score (nSPS) is 15.1. The third kappa shape index (κ3) is 3.63. The first-order valence-electron chi connectivity index (χ1n) is 13.0. The minimum absolute atomic E-state index is 0.402. The number of pyridine rings is 1. The van der Waals surface area contributed by atoms with Crippen LogP contribution >= 0.6 is 11.3 Å². The summed E-state index contributed by atoms with van der Waals surface area (Å²) in [4.78, 5) is 11.0. The molecule has 0 amide bonds. The quantitative estimate of drug-likeness (QED) is 0.278. The van der Waals surface area contributed by atoms with Crippen molar-refractivity contribution in [3.8, 4) is 21.7 Å². The van der Waals surface area contributed by atoms with Gasteiger partial charge in [-0.3, -0.25) is 0 Å². The van der Waals surface area contributed by atoms with Gasteiger partial charge >= 0.3 is 0 Å². The summed E-state index contributed by atoms with van der Waals surface area (Å²) in [5.41, 5.74) is 11.5. The SMILES string of the molecule is Cc1c(-c2[nH]c3sc(-c4cccc(C5CCCCC5)c4)c(C)c3c2C(C)C)cn2ncnc2c1C. The van der Waals surface area contributed by atoms with Crippen molar-refractivity contribution in [1.29, 1.82) is 0 Å². The van der Waals surface area contributed by atoms with Gasteiger partial charge in [0.05, 0.1) is 5.69 Å². The fourth-order valence-electron chi connectivity index (χ4n) is 6.12. The minimum atomic E-state index is 0.402. The van der Waals surface area contributed by atoms with Crippen molar-refractivity contribution in [1.82, 2.24) is 19.6 Å². The third-order valence-corrected chi connectivity index (χ3v) is 9.38. The summed E-state index contributed by atoms with van der Waals surface area (Å²) in [5.74, 6) is 1.13. The van der Waals surface area contributed by atoms with Gasteiger partial charge in [0.25, 0.3) is 0 Å². The highest BCUT2D eigenvalue weighted by Crippen LogP contribution is 2.46. The highest BCUT2D eigenvalue weighted by atomic mass is 32.1. The Labute approximate surface area is 211 Å². The van der Waals surface area contributed by atoms with Gasteiger partial charge in [-0.1, -0.05) is 57.4 Å². The lowest BCUT2D eigenvalue weighted by Crippen LogP contribution is -2.04. The summed E-state index contributed by atoms with van der Waals surface area (Å²) in [7, 11) is 0. The number of aromatic nitrogens is 4. The van der Waals surface area contributed by atoms with Gasteiger partial charge in [0.15, 0.2) is 5.65 Å². The van der Waals surface area contributed by atoms with E-state index in [-0.39, 0.29) is 0 Å². The van der Waals surface area contributed by atoms with E-state index >= 15 is 0 Å². The van der Waals surface area contributed by atoms with Crippen LogP contribution in [0, 0.1) is 20.8 Å². The number of H-pyrrole nitrogens is 1. The van der Waals surface area contributed by atoms with Crippen LogP contribution < -0.4 is 0 Å². The molecule has 0 atom stereocenters. The number of fused-ring (bicyclic) bond motifs is 2. The number of nitrogens with one attached hydrogen (secondary N) is 1. The molecular weight excluding hydrogens is 448 g/mol. The molecular formula is C30H34N4S. The van der Waals surface area contributed by atoms with E-state index in [9.17, 15) is 0 Å². The Morgan fingerprint density at radius 1 is 1.03 bits per heavy atom. The number of thiophene rings is 1. The number of benzene rings is 1. The smallest absolute Gasteiger partial charge is 0.158 e. The number of aromatic amines is 1. The Hall–Kier alpha value is -2.92. The Morgan fingerprint density at radius 3 is 2.60 bits per heavy atom. The molecule has 0 spiro atoms. The number of aryl methyl sites for hydroxylation is 2. The summed E-state index contributed by atoms with van der Waals surface area (Å²) in [5, 5.41) is 5.83. The number of nitrogens with zero attached hydrogens (tertiary/aromatic N) is 3. The van der Waals surface area contributed by atoms with Gasteiger partial charge in [-0.25, -0.2) is 9.50 Å². The van der Waals surface area contributed by atoms with E-state index in [1.165, 1.54) is 91.8 Å². The van der Waals surface area contributed by atoms with Gasteiger partial charge in [0.1, 0.15) is 11.2 Å². The molecule has 0 radical (unpaired) electrons. The second-order valence-electron chi connectivity index (χ2n) is 10.6. The molecule has 5 aromatic rings. The summed E-state index contributed by atoms with van der Waals surface area (Å²) in [6.45, 7) is 11.3. The van der Waals surface area contributed by atoms with Gasteiger partial charge < -0.3 is 4.98 Å². The van der Waals surface area contributed by atoms with E-state index < -0.39 is 0 Å². The molecule has 0 bridgehead atoms. The maximum absolute atomic E-state index is 4.45. The molecule has 4 heterocycles. The molecule has 4 nitrogen and oxygen atoms in total. The fraction of sp³-hybridized carbons (Fsp3) is 0.400. The molecule has 0 unspecified atom stereocenters. The fourth-order valence-corrected chi connectivity index (χ4v) is 7.34. The molecule has 1 fully saturated rings. The van der Waals surface area contributed by atoms with Crippen LogP contribution in [0.15, 0.2) is 36.8 Å². The number of hydrogen-bond acceptors (Lipinski definition) is 3. The van der Waals surface area contributed by atoms with Crippen LogP contribution in [0.1, 0.15) is 85.6 Å². The molecule has 4 aromatic heterocycles. The Kier molecular flexibility index (Phi) is 5.56. The standard InChI is InChI=1S/C30H34N4S/c1-17(2)25-26-20(5)28(23-13-9-12-22(14-23)21-10-7-6-8-11-21)35-30(26)33-27(25)24-15-34-29(31-16-32-34)19(4)18(24)3/h9,12-17,21,33H,6-8,10-11H2,1-5H3. The highest BCUT2D eigenvalue weighted by molar-refractivity contribution is 7.22. The zero-order chi connectivity index (χ0) is 24.3. The van der Waals surface area contributed by atoms with Crippen molar-refractivity contribution in [2.45, 2.75) is 78.6 Å². The molecule has 0 aliphatic heterocycles. The van der Waals surface area contributed by atoms with Crippen molar-refractivity contribution in [2.24, 2.45) is 0 Å². The lowest BCUT2D eigenvalue weighted by molar-refractivity contribution is 0.444. The monoisotopic (exact) mass is 482 g/mol. The molecule has 1 N–H and O–H groups in total. The van der Waals surface area contributed by atoms with Gasteiger partial charge in [-0.15, -0.1) is 11.3 Å². The van der Waals surface area contributed by atoms with E-state index in [1.807, 2.05) is 15.9 Å². The first kappa shape index (κ1) is 22.5. The minimum Gasteiger partial charge on any atom is -0.346 e. The second-order valence-corrected chi connectivity index (χ2v) is 11.6. The Bertz CT molecular complexity index is 1540. The van der Waals surface area contributed by atoms with Crippen molar-refractivity contribution in [3.05, 3.63) is 64.6 Å². The van der Waals surface area contributed by atoms with E-state index in [2.05, 4.69) is 80.1 Å². The molecule has 6 rings (SSSR count). The van der Waals surface area contributed by atoms with E-state index in [4.69, 9.17) is 0 Å². The lowest BCUT2D eigenvalue weighted by atomic mass is 9.83. The van der Waals surface area contributed by atoms with Crippen molar-refractivity contribution in [3.63, 3.8) is 0 Å². The van der Waals surface area contributed by atoms with E-state index in [0.29, 0.717) is 5.92 Å². The summed E-state index contributed by atoms with van der Waals surface area (Å²) in [6.07, 6.45) is 10.6. The van der Waals surface area contributed by atoms with Crippen LogP contribution in [0.4, 0.5) is 0 Å². The third-order valence-electron chi connectivity index (χ3n) is 8.12. The van der Waals surface area contributed by atoms with Crippen LogP contribution in [-0.2, 0) is 0 Å². The van der Waals surface area contributed by atoms with E-state index in [0.717, 1.165) is 11.6 Å². The first-order chi connectivity index (χ1) is 16.9.